The number of carbonyl (C=O) groups is 4. The first-order valence-electron chi connectivity index (χ1n) is 9.77. The van der Waals surface area contributed by atoms with Gasteiger partial charge in [-0.25, -0.2) is 14.4 Å². The molecule has 0 spiro atoms. The predicted molar refractivity (Wildman–Crippen MR) is 115 cm³/mol. The number of methoxy groups -OCH3 is 1. The maximum atomic E-state index is 12.2. The number of rotatable bonds is 11. The Labute approximate surface area is 195 Å². The minimum atomic E-state index is -4.87. The van der Waals surface area contributed by atoms with E-state index in [4.69, 9.17) is 18.9 Å². The van der Waals surface area contributed by atoms with E-state index in [1.807, 2.05) is 0 Å². The SMILES string of the molecule is COCCOC(=O)c1ccc(C(=O)OCCOC(=O)c2ccc(C(C)=O)cc2)cc1S(=O)(=O)O. The van der Waals surface area contributed by atoms with Crippen LogP contribution < -0.4 is 0 Å². The maximum absolute atomic E-state index is 12.2. The highest BCUT2D eigenvalue weighted by Gasteiger charge is 2.24. The Morgan fingerprint density at radius 2 is 1.21 bits per heavy atom. The van der Waals surface area contributed by atoms with Crippen molar-refractivity contribution in [2.75, 3.05) is 33.5 Å². The molecule has 0 aliphatic heterocycles. The summed E-state index contributed by atoms with van der Waals surface area (Å²) in [4.78, 5) is 46.7. The molecule has 2 aromatic carbocycles. The van der Waals surface area contributed by atoms with Gasteiger partial charge in [0.05, 0.1) is 23.3 Å². The summed E-state index contributed by atoms with van der Waals surface area (Å²) in [6, 6.07) is 8.68. The molecule has 11 nitrogen and oxygen atoms in total. The Bertz CT molecular complexity index is 1170. The van der Waals surface area contributed by atoms with Crippen molar-refractivity contribution in [3.63, 3.8) is 0 Å². The number of Topliss-reactive ketones (excluding diaryl/α,β-unsaturated/α-hetero) is 1. The summed E-state index contributed by atoms with van der Waals surface area (Å²) in [7, 11) is -3.49. The minimum Gasteiger partial charge on any atom is -0.460 e. The molecule has 0 saturated carbocycles. The zero-order valence-corrected chi connectivity index (χ0v) is 19.1. The topological polar surface area (TPSA) is 160 Å². The molecule has 0 unspecified atom stereocenters. The second-order valence-corrected chi connectivity index (χ2v) is 8.11. The van der Waals surface area contributed by atoms with Crippen molar-refractivity contribution in [1.82, 2.24) is 0 Å². The van der Waals surface area contributed by atoms with E-state index >= 15 is 0 Å². The molecule has 0 amide bonds. The van der Waals surface area contributed by atoms with Gasteiger partial charge in [0.15, 0.2) is 5.78 Å². The van der Waals surface area contributed by atoms with Gasteiger partial charge < -0.3 is 18.9 Å². The molecular weight excluding hydrogens is 472 g/mol. The van der Waals surface area contributed by atoms with E-state index in [1.165, 1.54) is 38.3 Å². The lowest BCUT2D eigenvalue weighted by atomic mass is 10.1. The van der Waals surface area contributed by atoms with Crippen LogP contribution in [0.15, 0.2) is 47.4 Å². The van der Waals surface area contributed by atoms with Crippen molar-refractivity contribution >= 4 is 33.8 Å². The van der Waals surface area contributed by atoms with Gasteiger partial charge >= 0.3 is 17.9 Å². The molecule has 0 aliphatic carbocycles. The largest absolute Gasteiger partial charge is 0.460 e. The molecule has 34 heavy (non-hydrogen) atoms. The molecule has 1 N–H and O–H groups in total. The van der Waals surface area contributed by atoms with E-state index < -0.39 is 38.5 Å². The molecule has 0 fully saturated rings. The van der Waals surface area contributed by atoms with Crippen LogP contribution in [0.5, 0.6) is 0 Å². The van der Waals surface area contributed by atoms with Crippen molar-refractivity contribution < 1.29 is 51.1 Å². The predicted octanol–water partition coefficient (Wildman–Crippen LogP) is 1.95. The zero-order valence-electron chi connectivity index (χ0n) is 18.3. The fraction of sp³-hybridized carbons (Fsp3) is 0.273. The third-order valence-electron chi connectivity index (χ3n) is 4.31. The van der Waals surface area contributed by atoms with Crippen molar-refractivity contribution in [3.8, 4) is 0 Å². The van der Waals surface area contributed by atoms with Gasteiger partial charge in [-0.15, -0.1) is 0 Å². The Morgan fingerprint density at radius 3 is 1.74 bits per heavy atom. The Kier molecular flexibility index (Phi) is 9.42. The zero-order chi connectivity index (χ0) is 25.3. The van der Waals surface area contributed by atoms with Gasteiger partial charge in [0.25, 0.3) is 10.1 Å². The number of ketones is 1. The Hall–Kier alpha value is -3.61. The fourth-order valence-electron chi connectivity index (χ4n) is 2.60. The fourth-order valence-corrected chi connectivity index (χ4v) is 3.31. The Morgan fingerprint density at radius 1 is 0.735 bits per heavy atom. The smallest absolute Gasteiger partial charge is 0.339 e. The van der Waals surface area contributed by atoms with E-state index in [0.717, 1.165) is 18.2 Å². The highest BCUT2D eigenvalue weighted by molar-refractivity contribution is 7.86. The van der Waals surface area contributed by atoms with Gasteiger partial charge in [-0.1, -0.05) is 12.1 Å². The van der Waals surface area contributed by atoms with Crippen LogP contribution in [0.1, 0.15) is 48.4 Å². The first-order valence-corrected chi connectivity index (χ1v) is 11.2. The number of hydrogen-bond donors (Lipinski definition) is 1. The second-order valence-electron chi connectivity index (χ2n) is 6.72. The normalized spacial score (nSPS) is 10.9. The summed E-state index contributed by atoms with van der Waals surface area (Å²) < 4.78 is 52.3. The molecule has 0 bridgehead atoms. The van der Waals surface area contributed by atoms with E-state index in [2.05, 4.69) is 0 Å². The van der Waals surface area contributed by atoms with Crippen LogP contribution in [0.2, 0.25) is 0 Å². The van der Waals surface area contributed by atoms with Crippen molar-refractivity contribution in [1.29, 1.82) is 0 Å². The molecule has 2 rings (SSSR count). The second kappa shape index (κ2) is 12.0. The average molecular weight is 494 g/mol. The summed E-state index contributed by atoms with van der Waals surface area (Å²) in [6.07, 6.45) is 0. The van der Waals surface area contributed by atoms with E-state index in [-0.39, 0.29) is 43.3 Å². The molecule has 0 aliphatic rings. The summed E-state index contributed by atoms with van der Waals surface area (Å²) in [5, 5.41) is 0. The Balaban J connectivity index is 1.98. The van der Waals surface area contributed by atoms with E-state index in [0.29, 0.717) is 5.56 Å². The van der Waals surface area contributed by atoms with Crippen LogP contribution >= 0.6 is 0 Å². The minimum absolute atomic E-state index is 0.0751. The van der Waals surface area contributed by atoms with Crippen LogP contribution in [0.25, 0.3) is 0 Å². The van der Waals surface area contributed by atoms with Gasteiger partial charge in [0, 0.05) is 12.7 Å². The summed E-state index contributed by atoms with van der Waals surface area (Å²) >= 11 is 0. The molecule has 2 aromatic rings. The maximum Gasteiger partial charge on any atom is 0.339 e. The van der Waals surface area contributed by atoms with Gasteiger partial charge in [-0.3, -0.25) is 9.35 Å². The number of ether oxygens (including phenoxy) is 4. The lowest BCUT2D eigenvalue weighted by molar-refractivity contribution is 0.0265. The summed E-state index contributed by atoms with van der Waals surface area (Å²) in [5.41, 5.74) is -0.113. The molecule has 0 heterocycles. The van der Waals surface area contributed by atoms with Crippen LogP contribution in [0, 0.1) is 0 Å². The number of hydrogen-bond acceptors (Lipinski definition) is 10. The van der Waals surface area contributed by atoms with E-state index in [1.54, 1.807) is 0 Å². The summed E-state index contributed by atoms with van der Waals surface area (Å²) in [6.45, 7) is 0.671. The highest BCUT2D eigenvalue weighted by Crippen LogP contribution is 2.20. The standard InChI is InChI=1S/C22H22O11S/c1-14(23)15-3-5-16(6-4-15)20(24)31-11-12-32-21(25)17-7-8-18(19(13-17)34(27,28)29)22(26)33-10-9-30-2/h3-8,13H,9-12H2,1-2H3,(H,27,28,29). The molecule has 0 aromatic heterocycles. The van der Waals surface area contributed by atoms with Gasteiger partial charge in [0.2, 0.25) is 0 Å². The van der Waals surface area contributed by atoms with Crippen LogP contribution in [0.4, 0.5) is 0 Å². The monoisotopic (exact) mass is 494 g/mol. The molecule has 0 atom stereocenters. The summed E-state index contributed by atoms with van der Waals surface area (Å²) in [5.74, 6) is -2.87. The van der Waals surface area contributed by atoms with Crippen molar-refractivity contribution in [2.45, 2.75) is 11.8 Å². The third-order valence-corrected chi connectivity index (χ3v) is 5.21. The first-order chi connectivity index (χ1) is 16.0. The number of benzene rings is 2. The average Bonchev–Trinajstić information content (AvgIpc) is 2.80. The number of esters is 3. The van der Waals surface area contributed by atoms with Gasteiger partial charge in [0.1, 0.15) is 24.7 Å². The van der Waals surface area contributed by atoms with Gasteiger partial charge in [-0.2, -0.15) is 8.42 Å². The van der Waals surface area contributed by atoms with Crippen molar-refractivity contribution in [2.24, 2.45) is 0 Å². The highest BCUT2D eigenvalue weighted by atomic mass is 32.2. The molecule has 12 heteroatoms. The lowest BCUT2D eigenvalue weighted by Gasteiger charge is -2.10. The van der Waals surface area contributed by atoms with E-state index in [9.17, 15) is 32.1 Å². The van der Waals surface area contributed by atoms with Crippen LogP contribution in [-0.2, 0) is 29.1 Å². The van der Waals surface area contributed by atoms with Crippen molar-refractivity contribution in [3.05, 3.63) is 64.7 Å². The number of carbonyl (C=O) groups excluding carboxylic acids is 4. The first kappa shape index (κ1) is 26.6. The molecule has 0 radical (unpaired) electrons. The third kappa shape index (κ3) is 7.47. The molecule has 182 valence electrons. The van der Waals surface area contributed by atoms with Gasteiger partial charge in [-0.05, 0) is 37.3 Å². The quantitative estimate of drug-likeness (QED) is 0.160. The van der Waals surface area contributed by atoms with Crippen LogP contribution in [-0.4, -0.2) is 70.2 Å². The van der Waals surface area contributed by atoms with Crippen LogP contribution in [0.3, 0.4) is 0 Å². The molecule has 0 saturated heterocycles. The molecular formula is C22H22O11S. The lowest BCUT2D eigenvalue weighted by Crippen LogP contribution is -2.17.